The summed E-state index contributed by atoms with van der Waals surface area (Å²) in [6.07, 6.45) is 4.87. The van der Waals surface area contributed by atoms with Crippen LogP contribution < -0.4 is 0 Å². The van der Waals surface area contributed by atoms with Gasteiger partial charge >= 0.3 is 17.9 Å². The van der Waals surface area contributed by atoms with E-state index in [4.69, 9.17) is 14.2 Å². The highest BCUT2D eigenvalue weighted by molar-refractivity contribution is 5.93. The van der Waals surface area contributed by atoms with E-state index in [0.717, 1.165) is 32.1 Å². The summed E-state index contributed by atoms with van der Waals surface area (Å²) in [6.45, 7) is 13.9. The van der Waals surface area contributed by atoms with E-state index in [0.29, 0.717) is 17.9 Å². The highest BCUT2D eigenvalue weighted by atomic mass is 16.6. The lowest BCUT2D eigenvalue weighted by Gasteiger charge is -2.25. The molecule has 0 spiro atoms. The fraction of sp³-hybridized carbons (Fsp3) is 0.609. The van der Waals surface area contributed by atoms with Gasteiger partial charge in [-0.15, -0.1) is 0 Å². The lowest BCUT2D eigenvalue weighted by molar-refractivity contribution is -0.141. The Morgan fingerprint density at radius 2 is 1.45 bits per heavy atom. The van der Waals surface area contributed by atoms with E-state index < -0.39 is 17.9 Å². The fourth-order valence-electron chi connectivity index (χ4n) is 2.90. The highest BCUT2D eigenvalue weighted by Gasteiger charge is 2.28. The van der Waals surface area contributed by atoms with Gasteiger partial charge in [0.25, 0.3) is 0 Å². The van der Waals surface area contributed by atoms with Crippen LogP contribution in [0.15, 0.2) is 34.8 Å². The minimum atomic E-state index is -0.645. The van der Waals surface area contributed by atoms with Crippen molar-refractivity contribution in [3.8, 4) is 0 Å². The molecular weight excluding hydrogens is 372 g/mol. The molecule has 0 bridgehead atoms. The summed E-state index contributed by atoms with van der Waals surface area (Å²) in [5, 5.41) is 0. The maximum absolute atomic E-state index is 12.7. The molecule has 1 rings (SSSR count). The molecule has 0 unspecified atom stereocenters. The van der Waals surface area contributed by atoms with E-state index in [1.807, 2.05) is 13.8 Å². The smallest absolute Gasteiger partial charge is 0.342 e. The molecule has 0 aliphatic heterocycles. The molecule has 1 aliphatic carbocycles. The van der Waals surface area contributed by atoms with E-state index in [2.05, 4.69) is 6.58 Å². The average Bonchev–Trinajstić information content (AvgIpc) is 2.69. The topological polar surface area (TPSA) is 78.9 Å². The van der Waals surface area contributed by atoms with Crippen LogP contribution in [-0.4, -0.2) is 24.5 Å². The molecule has 6 heteroatoms. The highest BCUT2D eigenvalue weighted by Crippen LogP contribution is 2.33. The number of carbonyl (C=O) groups excluding carboxylic acids is 3. The number of allylic oxidation sites excluding steroid dienone is 2. The van der Waals surface area contributed by atoms with E-state index >= 15 is 0 Å². The SMILES string of the molecule is C=C(C)C(=O)OC(C)=C(C)C(=O)OC(=C(C)C(=O)OCC(C)C)C1CCCCC1. The van der Waals surface area contributed by atoms with Gasteiger partial charge in [0.1, 0.15) is 11.5 Å². The van der Waals surface area contributed by atoms with Gasteiger partial charge in [-0.05, 0) is 46.5 Å². The molecular formula is C23H34O6. The second kappa shape index (κ2) is 11.6. The second-order valence-electron chi connectivity index (χ2n) is 8.06. The van der Waals surface area contributed by atoms with Crippen LogP contribution in [0.2, 0.25) is 0 Å². The van der Waals surface area contributed by atoms with Crippen molar-refractivity contribution in [1.82, 2.24) is 0 Å². The van der Waals surface area contributed by atoms with Gasteiger partial charge in [-0.25, -0.2) is 14.4 Å². The maximum atomic E-state index is 12.7. The summed E-state index contributed by atoms with van der Waals surface area (Å²) >= 11 is 0. The zero-order valence-corrected chi connectivity index (χ0v) is 18.6. The van der Waals surface area contributed by atoms with Gasteiger partial charge in [0.2, 0.25) is 0 Å². The number of rotatable bonds is 8. The molecule has 0 radical (unpaired) electrons. The molecule has 0 N–H and O–H groups in total. The molecule has 0 aromatic carbocycles. The maximum Gasteiger partial charge on any atom is 0.342 e. The Bertz CT molecular complexity index is 705. The monoisotopic (exact) mass is 406 g/mol. The van der Waals surface area contributed by atoms with E-state index in [9.17, 15) is 14.4 Å². The molecule has 1 fully saturated rings. The van der Waals surface area contributed by atoms with E-state index in [1.165, 1.54) is 20.8 Å². The Balaban J connectivity index is 3.08. The zero-order chi connectivity index (χ0) is 22.1. The van der Waals surface area contributed by atoms with Gasteiger partial charge in [-0.3, -0.25) is 0 Å². The van der Waals surface area contributed by atoms with Crippen molar-refractivity contribution in [3.63, 3.8) is 0 Å². The van der Waals surface area contributed by atoms with Crippen LogP contribution in [0.25, 0.3) is 0 Å². The van der Waals surface area contributed by atoms with Crippen LogP contribution in [0.1, 0.15) is 73.6 Å². The minimum absolute atomic E-state index is 0.00891. The average molecular weight is 407 g/mol. The molecule has 0 aromatic heterocycles. The normalized spacial score (nSPS) is 16.5. The molecule has 29 heavy (non-hydrogen) atoms. The van der Waals surface area contributed by atoms with Gasteiger partial charge in [-0.1, -0.05) is 39.7 Å². The van der Waals surface area contributed by atoms with Crippen molar-refractivity contribution in [1.29, 1.82) is 0 Å². The van der Waals surface area contributed by atoms with E-state index in [1.54, 1.807) is 6.92 Å². The van der Waals surface area contributed by atoms with Crippen LogP contribution in [0.3, 0.4) is 0 Å². The Labute approximate surface area is 174 Å². The van der Waals surface area contributed by atoms with Gasteiger partial charge < -0.3 is 14.2 Å². The Morgan fingerprint density at radius 1 is 0.862 bits per heavy atom. The third-order valence-corrected chi connectivity index (χ3v) is 4.83. The minimum Gasteiger partial charge on any atom is -0.462 e. The summed E-state index contributed by atoms with van der Waals surface area (Å²) in [5.41, 5.74) is 0.712. The molecule has 6 nitrogen and oxygen atoms in total. The third kappa shape index (κ3) is 7.87. The molecule has 1 aliphatic rings. The summed E-state index contributed by atoms with van der Waals surface area (Å²) in [4.78, 5) is 36.9. The van der Waals surface area contributed by atoms with Crippen molar-refractivity contribution in [2.24, 2.45) is 11.8 Å². The zero-order valence-electron chi connectivity index (χ0n) is 18.6. The lowest BCUT2D eigenvalue weighted by Crippen LogP contribution is -2.21. The molecule has 0 aromatic rings. The lowest BCUT2D eigenvalue weighted by atomic mass is 9.86. The molecule has 0 amide bonds. The standard InChI is InChI=1S/C23H34O6/c1-14(2)13-27-22(25)17(6)20(19-11-9-8-10-12-19)29-23(26)16(5)18(7)28-21(24)15(3)4/h14,19H,3,8-13H2,1-2,4-7H3. The Kier molecular flexibility index (Phi) is 9.86. The molecule has 1 saturated carbocycles. The third-order valence-electron chi connectivity index (χ3n) is 4.83. The first-order chi connectivity index (χ1) is 13.5. The van der Waals surface area contributed by atoms with Gasteiger partial charge in [0, 0.05) is 11.5 Å². The summed E-state index contributed by atoms with van der Waals surface area (Å²) in [5.74, 6) is -1.01. The van der Waals surface area contributed by atoms with Gasteiger partial charge in [0.05, 0.1) is 17.8 Å². The number of carbonyl (C=O) groups is 3. The Hall–Kier alpha value is -2.37. The first-order valence-electron chi connectivity index (χ1n) is 10.2. The van der Waals surface area contributed by atoms with Crippen LogP contribution in [0, 0.1) is 11.8 Å². The van der Waals surface area contributed by atoms with Crippen molar-refractivity contribution >= 4 is 17.9 Å². The van der Waals surface area contributed by atoms with Crippen LogP contribution in [-0.2, 0) is 28.6 Å². The summed E-state index contributed by atoms with van der Waals surface area (Å²) in [6, 6.07) is 0. The van der Waals surface area contributed by atoms with Crippen LogP contribution >= 0.6 is 0 Å². The van der Waals surface area contributed by atoms with E-state index in [-0.39, 0.29) is 28.7 Å². The molecule has 0 saturated heterocycles. The number of esters is 3. The number of hydrogen-bond donors (Lipinski definition) is 0. The molecule has 0 heterocycles. The first kappa shape index (κ1) is 24.7. The van der Waals surface area contributed by atoms with Crippen molar-refractivity contribution < 1.29 is 28.6 Å². The number of ether oxygens (including phenoxy) is 3. The quantitative estimate of drug-likeness (QED) is 0.244. The molecule has 0 atom stereocenters. The Morgan fingerprint density at radius 3 is 1.97 bits per heavy atom. The predicted octanol–water partition coefficient (Wildman–Crippen LogP) is 5.00. The van der Waals surface area contributed by atoms with Crippen molar-refractivity contribution in [2.45, 2.75) is 73.6 Å². The van der Waals surface area contributed by atoms with Crippen molar-refractivity contribution in [2.75, 3.05) is 6.61 Å². The second-order valence-corrected chi connectivity index (χ2v) is 8.06. The first-order valence-corrected chi connectivity index (χ1v) is 10.2. The fourth-order valence-corrected chi connectivity index (χ4v) is 2.90. The van der Waals surface area contributed by atoms with Crippen LogP contribution in [0.4, 0.5) is 0 Å². The predicted molar refractivity (Wildman–Crippen MR) is 110 cm³/mol. The van der Waals surface area contributed by atoms with Crippen molar-refractivity contribution in [3.05, 3.63) is 34.8 Å². The van der Waals surface area contributed by atoms with Gasteiger partial charge in [-0.2, -0.15) is 0 Å². The summed E-state index contributed by atoms with van der Waals surface area (Å²) in [7, 11) is 0. The summed E-state index contributed by atoms with van der Waals surface area (Å²) < 4.78 is 16.1. The number of hydrogen-bond acceptors (Lipinski definition) is 6. The van der Waals surface area contributed by atoms with Crippen LogP contribution in [0.5, 0.6) is 0 Å². The molecule has 162 valence electrons. The largest absolute Gasteiger partial charge is 0.462 e. The van der Waals surface area contributed by atoms with Gasteiger partial charge in [0.15, 0.2) is 0 Å².